The number of ether oxygens (including phenoxy) is 1. The van der Waals surface area contributed by atoms with Crippen molar-refractivity contribution < 1.29 is 17.9 Å². The fourth-order valence-corrected chi connectivity index (χ4v) is 4.54. The highest BCUT2D eigenvalue weighted by Gasteiger charge is 2.40. The zero-order chi connectivity index (χ0) is 16.5. The van der Waals surface area contributed by atoms with Gasteiger partial charge in [-0.15, -0.1) is 0 Å². The van der Waals surface area contributed by atoms with E-state index in [1.807, 2.05) is 0 Å². The quantitative estimate of drug-likeness (QED) is 0.826. The minimum atomic E-state index is -3.52. The molecule has 2 saturated heterocycles. The summed E-state index contributed by atoms with van der Waals surface area (Å²) < 4.78 is 31.9. The Morgan fingerprint density at radius 1 is 1.17 bits per heavy atom. The molecule has 8 heteroatoms. The molecule has 7 nitrogen and oxygen atoms in total. The number of rotatable bonds is 3. The minimum Gasteiger partial charge on any atom is -0.497 e. The largest absolute Gasteiger partial charge is 0.497 e. The molecule has 1 amide bonds. The average molecular weight is 339 g/mol. The topological polar surface area (TPSA) is 87.7 Å². The van der Waals surface area contributed by atoms with E-state index in [0.717, 1.165) is 0 Å². The number of methoxy groups -OCH3 is 1. The van der Waals surface area contributed by atoms with Crippen LogP contribution < -0.4 is 15.4 Å². The Morgan fingerprint density at radius 3 is 2.39 bits per heavy atom. The monoisotopic (exact) mass is 339 g/mol. The van der Waals surface area contributed by atoms with E-state index in [4.69, 9.17) is 4.74 Å². The van der Waals surface area contributed by atoms with Gasteiger partial charge in [-0.2, -0.15) is 4.31 Å². The molecule has 126 valence electrons. The Hall–Kier alpha value is -1.64. The Kier molecular flexibility index (Phi) is 4.31. The van der Waals surface area contributed by atoms with Crippen LogP contribution in [0.1, 0.15) is 19.3 Å². The highest BCUT2D eigenvalue weighted by Crippen LogP contribution is 2.27. The highest BCUT2D eigenvalue weighted by atomic mass is 32.2. The van der Waals surface area contributed by atoms with Crippen molar-refractivity contribution in [3.05, 3.63) is 24.3 Å². The van der Waals surface area contributed by atoms with Gasteiger partial charge in [-0.25, -0.2) is 8.42 Å². The summed E-state index contributed by atoms with van der Waals surface area (Å²) in [6.45, 7) is 1.39. The van der Waals surface area contributed by atoms with Crippen LogP contribution in [0.5, 0.6) is 5.75 Å². The van der Waals surface area contributed by atoms with E-state index in [9.17, 15) is 13.2 Å². The molecule has 2 heterocycles. The molecule has 0 bridgehead atoms. The SMILES string of the molecule is COc1ccc(S(=O)(=O)N2CCC3(CC2)NCCC(=O)N3)cc1. The number of hydrogen-bond acceptors (Lipinski definition) is 5. The smallest absolute Gasteiger partial charge is 0.243 e. The molecular weight excluding hydrogens is 318 g/mol. The Balaban J connectivity index is 1.71. The van der Waals surface area contributed by atoms with E-state index >= 15 is 0 Å². The van der Waals surface area contributed by atoms with E-state index in [1.54, 1.807) is 31.4 Å². The molecule has 3 rings (SSSR count). The van der Waals surface area contributed by atoms with Gasteiger partial charge < -0.3 is 10.1 Å². The lowest BCUT2D eigenvalue weighted by molar-refractivity contribution is -0.126. The first-order valence-electron chi connectivity index (χ1n) is 7.65. The van der Waals surface area contributed by atoms with Crippen LogP contribution in [0, 0.1) is 0 Å². The number of sulfonamides is 1. The number of nitrogens with one attached hydrogen (secondary N) is 2. The lowest BCUT2D eigenvalue weighted by Crippen LogP contribution is -2.67. The third-order valence-corrected chi connectivity index (χ3v) is 6.38. The van der Waals surface area contributed by atoms with Crippen LogP contribution in [0.25, 0.3) is 0 Å². The molecule has 0 unspecified atom stereocenters. The van der Waals surface area contributed by atoms with E-state index in [2.05, 4.69) is 10.6 Å². The van der Waals surface area contributed by atoms with Crippen molar-refractivity contribution in [1.82, 2.24) is 14.9 Å². The molecule has 2 fully saturated rings. The normalized spacial score (nSPS) is 21.9. The molecule has 1 aromatic rings. The minimum absolute atomic E-state index is 0.0233. The predicted octanol–water partition coefficient (Wildman–Crippen LogP) is 0.286. The summed E-state index contributed by atoms with van der Waals surface area (Å²) in [6, 6.07) is 6.39. The molecule has 1 aromatic carbocycles. The first kappa shape index (κ1) is 16.2. The zero-order valence-corrected chi connectivity index (χ0v) is 13.9. The van der Waals surface area contributed by atoms with Crippen molar-refractivity contribution in [2.75, 3.05) is 26.7 Å². The van der Waals surface area contributed by atoms with Crippen molar-refractivity contribution in [2.45, 2.75) is 29.8 Å². The van der Waals surface area contributed by atoms with E-state index < -0.39 is 15.7 Å². The molecule has 0 aromatic heterocycles. The lowest BCUT2D eigenvalue weighted by Gasteiger charge is -2.44. The van der Waals surface area contributed by atoms with Crippen LogP contribution in [0.2, 0.25) is 0 Å². The standard InChI is InChI=1S/C15H21N3O4S/c1-22-12-2-4-13(5-3-12)23(20,21)18-10-7-15(8-11-18)16-9-6-14(19)17-15/h2-5,16H,6-11H2,1H3,(H,17,19). The van der Waals surface area contributed by atoms with E-state index in [-0.39, 0.29) is 10.8 Å². The van der Waals surface area contributed by atoms with Gasteiger partial charge in [-0.3, -0.25) is 10.1 Å². The summed E-state index contributed by atoms with van der Waals surface area (Å²) in [5, 5.41) is 6.29. The molecule has 0 atom stereocenters. The molecule has 2 aliphatic heterocycles. The molecule has 0 aliphatic carbocycles. The fraction of sp³-hybridized carbons (Fsp3) is 0.533. The molecular formula is C15H21N3O4S. The van der Waals surface area contributed by atoms with Gasteiger partial charge in [-0.05, 0) is 37.1 Å². The summed E-state index contributed by atoms with van der Waals surface area (Å²) in [6.07, 6.45) is 1.60. The maximum absolute atomic E-state index is 12.7. The Bertz CT molecular complexity index is 679. The van der Waals surface area contributed by atoms with Crippen LogP contribution in [0.3, 0.4) is 0 Å². The Labute approximate surface area is 136 Å². The van der Waals surface area contributed by atoms with Crippen LogP contribution >= 0.6 is 0 Å². The van der Waals surface area contributed by atoms with Crippen molar-refractivity contribution in [1.29, 1.82) is 0 Å². The summed E-state index contributed by atoms with van der Waals surface area (Å²) in [5.41, 5.74) is -0.457. The second-order valence-electron chi connectivity index (χ2n) is 5.89. The number of piperidine rings is 1. The van der Waals surface area contributed by atoms with Crippen molar-refractivity contribution >= 4 is 15.9 Å². The van der Waals surface area contributed by atoms with Gasteiger partial charge in [-0.1, -0.05) is 0 Å². The Morgan fingerprint density at radius 2 is 1.83 bits per heavy atom. The van der Waals surface area contributed by atoms with Crippen LogP contribution in [-0.2, 0) is 14.8 Å². The fourth-order valence-electron chi connectivity index (χ4n) is 3.10. The predicted molar refractivity (Wildman–Crippen MR) is 84.5 cm³/mol. The summed E-state index contributed by atoms with van der Waals surface area (Å²) in [5.74, 6) is 0.644. The molecule has 0 saturated carbocycles. The molecule has 1 spiro atoms. The maximum Gasteiger partial charge on any atom is 0.243 e. The van der Waals surface area contributed by atoms with Gasteiger partial charge in [0, 0.05) is 26.1 Å². The summed E-state index contributed by atoms with van der Waals surface area (Å²) in [4.78, 5) is 11.9. The third-order valence-electron chi connectivity index (χ3n) is 4.47. The van der Waals surface area contributed by atoms with Gasteiger partial charge in [0.25, 0.3) is 0 Å². The van der Waals surface area contributed by atoms with Crippen LogP contribution in [0.4, 0.5) is 0 Å². The summed E-state index contributed by atoms with van der Waals surface area (Å²) in [7, 11) is -1.98. The highest BCUT2D eigenvalue weighted by molar-refractivity contribution is 7.89. The molecule has 23 heavy (non-hydrogen) atoms. The van der Waals surface area contributed by atoms with Crippen LogP contribution in [0.15, 0.2) is 29.2 Å². The lowest BCUT2D eigenvalue weighted by atomic mass is 9.95. The van der Waals surface area contributed by atoms with E-state index in [0.29, 0.717) is 44.6 Å². The van der Waals surface area contributed by atoms with Crippen LogP contribution in [-0.4, -0.2) is 51.0 Å². The van der Waals surface area contributed by atoms with E-state index in [1.165, 1.54) is 4.31 Å². The van der Waals surface area contributed by atoms with Crippen molar-refractivity contribution in [3.63, 3.8) is 0 Å². The second kappa shape index (κ2) is 6.10. The third kappa shape index (κ3) is 3.19. The van der Waals surface area contributed by atoms with Gasteiger partial charge in [0.15, 0.2) is 0 Å². The maximum atomic E-state index is 12.7. The number of nitrogens with zero attached hydrogens (tertiary/aromatic N) is 1. The van der Waals surface area contributed by atoms with Crippen molar-refractivity contribution in [3.8, 4) is 5.75 Å². The van der Waals surface area contributed by atoms with Gasteiger partial charge >= 0.3 is 0 Å². The number of benzene rings is 1. The van der Waals surface area contributed by atoms with Gasteiger partial charge in [0.2, 0.25) is 15.9 Å². The summed E-state index contributed by atoms with van der Waals surface area (Å²) >= 11 is 0. The zero-order valence-electron chi connectivity index (χ0n) is 13.0. The number of carbonyl (C=O) groups excluding carboxylic acids is 1. The second-order valence-corrected chi connectivity index (χ2v) is 7.82. The van der Waals surface area contributed by atoms with Crippen molar-refractivity contribution in [2.24, 2.45) is 0 Å². The van der Waals surface area contributed by atoms with Gasteiger partial charge in [0.1, 0.15) is 5.75 Å². The first-order chi connectivity index (χ1) is 11.0. The number of hydrogen-bond donors (Lipinski definition) is 2. The average Bonchev–Trinajstić information content (AvgIpc) is 2.55. The molecule has 0 radical (unpaired) electrons. The molecule has 2 aliphatic rings. The number of carbonyl (C=O) groups is 1. The number of amides is 1. The first-order valence-corrected chi connectivity index (χ1v) is 9.09. The van der Waals surface area contributed by atoms with Gasteiger partial charge in [0.05, 0.1) is 17.7 Å². The molecule has 2 N–H and O–H groups in total.